The molecule has 0 amide bonds. The Morgan fingerprint density at radius 1 is 1.21 bits per heavy atom. The van der Waals surface area contributed by atoms with Crippen molar-refractivity contribution in [1.82, 2.24) is 5.32 Å². The summed E-state index contributed by atoms with van der Waals surface area (Å²) in [5.41, 5.74) is 3.99. The number of thiophene rings is 1. The molecule has 0 radical (unpaired) electrons. The Kier molecular flexibility index (Phi) is 5.14. The van der Waals surface area contributed by atoms with E-state index in [0.29, 0.717) is 0 Å². The molecule has 1 heterocycles. The molecule has 0 fully saturated rings. The highest BCUT2D eigenvalue weighted by atomic mass is 32.1. The Labute approximate surface area is 119 Å². The number of benzene rings is 1. The Morgan fingerprint density at radius 3 is 2.47 bits per heavy atom. The highest BCUT2D eigenvalue weighted by molar-refractivity contribution is 7.10. The van der Waals surface area contributed by atoms with Gasteiger partial charge in [-0.3, -0.25) is 0 Å². The fraction of sp³-hybridized carbons (Fsp3) is 0.375. The fourth-order valence-corrected chi connectivity index (χ4v) is 3.29. The van der Waals surface area contributed by atoms with Gasteiger partial charge in [-0.1, -0.05) is 24.3 Å². The van der Waals surface area contributed by atoms with Crippen molar-refractivity contribution < 1.29 is 4.74 Å². The second-order valence-electron chi connectivity index (χ2n) is 4.67. The van der Waals surface area contributed by atoms with Gasteiger partial charge in [0.05, 0.1) is 12.6 Å². The summed E-state index contributed by atoms with van der Waals surface area (Å²) >= 11 is 1.81. The average molecular weight is 275 g/mol. The maximum Gasteiger partial charge on any atom is 0.0671 e. The van der Waals surface area contributed by atoms with Crippen LogP contribution in [0.3, 0.4) is 0 Å². The van der Waals surface area contributed by atoms with Crippen LogP contribution in [0.5, 0.6) is 0 Å². The number of ether oxygens (including phenoxy) is 1. The van der Waals surface area contributed by atoms with Crippen molar-refractivity contribution in [3.63, 3.8) is 0 Å². The van der Waals surface area contributed by atoms with Gasteiger partial charge in [0.1, 0.15) is 0 Å². The smallest absolute Gasteiger partial charge is 0.0671 e. The molecule has 0 aliphatic heterocycles. The lowest BCUT2D eigenvalue weighted by atomic mass is 10.0. The van der Waals surface area contributed by atoms with Gasteiger partial charge in [0.15, 0.2) is 0 Å². The maximum atomic E-state index is 5.11. The summed E-state index contributed by atoms with van der Waals surface area (Å²) in [5, 5.41) is 5.56. The summed E-state index contributed by atoms with van der Waals surface area (Å²) in [7, 11) is 3.76. The summed E-state index contributed by atoms with van der Waals surface area (Å²) < 4.78 is 5.11. The zero-order valence-corrected chi connectivity index (χ0v) is 12.6. The lowest BCUT2D eigenvalue weighted by Gasteiger charge is -2.17. The molecule has 1 aromatic heterocycles. The van der Waals surface area contributed by atoms with Crippen LogP contribution in [0.15, 0.2) is 35.7 Å². The minimum absolute atomic E-state index is 0.288. The summed E-state index contributed by atoms with van der Waals surface area (Å²) in [5.74, 6) is 0. The summed E-state index contributed by atoms with van der Waals surface area (Å²) in [6.45, 7) is 2.95. The Hall–Kier alpha value is -1.16. The molecule has 2 rings (SSSR count). The first-order valence-electron chi connectivity index (χ1n) is 6.55. The first-order valence-corrected chi connectivity index (χ1v) is 7.43. The van der Waals surface area contributed by atoms with Gasteiger partial charge in [-0.2, -0.15) is 0 Å². The van der Waals surface area contributed by atoms with Gasteiger partial charge >= 0.3 is 0 Å². The number of nitrogens with one attached hydrogen (secondary N) is 1. The average Bonchev–Trinajstić information content (AvgIpc) is 2.85. The molecular weight excluding hydrogens is 254 g/mol. The molecule has 0 spiro atoms. The molecule has 2 aromatic rings. The van der Waals surface area contributed by atoms with E-state index in [1.54, 1.807) is 7.11 Å². The number of hydrogen-bond donors (Lipinski definition) is 1. The molecule has 2 nitrogen and oxygen atoms in total. The molecular formula is C16H21NOS. The number of rotatable bonds is 6. The van der Waals surface area contributed by atoms with Crippen molar-refractivity contribution in [2.24, 2.45) is 0 Å². The molecule has 1 aromatic carbocycles. The molecule has 0 saturated heterocycles. The molecule has 0 bridgehead atoms. The van der Waals surface area contributed by atoms with E-state index >= 15 is 0 Å². The third-order valence-corrected chi connectivity index (χ3v) is 4.44. The zero-order valence-electron chi connectivity index (χ0n) is 11.8. The van der Waals surface area contributed by atoms with E-state index in [4.69, 9.17) is 4.74 Å². The predicted molar refractivity (Wildman–Crippen MR) is 82.0 cm³/mol. The van der Waals surface area contributed by atoms with E-state index in [0.717, 1.165) is 13.0 Å². The topological polar surface area (TPSA) is 21.3 Å². The second kappa shape index (κ2) is 6.85. The monoisotopic (exact) mass is 275 g/mol. The summed E-state index contributed by atoms with van der Waals surface area (Å²) in [4.78, 5) is 1.40. The zero-order chi connectivity index (χ0) is 13.7. The summed E-state index contributed by atoms with van der Waals surface area (Å²) in [6, 6.07) is 11.3. The van der Waals surface area contributed by atoms with Gasteiger partial charge in [-0.25, -0.2) is 0 Å². The lowest BCUT2D eigenvalue weighted by Crippen LogP contribution is -2.17. The molecule has 19 heavy (non-hydrogen) atoms. The van der Waals surface area contributed by atoms with Crippen LogP contribution >= 0.6 is 11.3 Å². The number of methoxy groups -OCH3 is 1. The van der Waals surface area contributed by atoms with Crippen LogP contribution in [0.25, 0.3) is 0 Å². The highest BCUT2D eigenvalue weighted by Crippen LogP contribution is 2.29. The van der Waals surface area contributed by atoms with Gasteiger partial charge in [0.2, 0.25) is 0 Å². The first-order chi connectivity index (χ1) is 9.26. The quantitative estimate of drug-likeness (QED) is 0.870. The van der Waals surface area contributed by atoms with Crippen molar-refractivity contribution >= 4 is 11.3 Å². The Balaban J connectivity index is 2.18. The molecule has 3 heteroatoms. The van der Waals surface area contributed by atoms with Crippen molar-refractivity contribution in [3.8, 4) is 0 Å². The molecule has 1 N–H and O–H groups in total. The van der Waals surface area contributed by atoms with Gasteiger partial charge in [-0.15, -0.1) is 11.3 Å². The minimum atomic E-state index is 0.288. The lowest BCUT2D eigenvalue weighted by molar-refractivity contribution is 0.202. The van der Waals surface area contributed by atoms with Crippen molar-refractivity contribution in [2.75, 3.05) is 20.8 Å². The summed E-state index contributed by atoms with van der Waals surface area (Å²) in [6.07, 6.45) is 0.971. The number of hydrogen-bond acceptors (Lipinski definition) is 3. The van der Waals surface area contributed by atoms with Crippen LogP contribution in [-0.4, -0.2) is 20.8 Å². The Bertz CT molecular complexity index is 504. The normalized spacial score (nSPS) is 12.6. The van der Waals surface area contributed by atoms with Crippen LogP contribution < -0.4 is 5.32 Å². The van der Waals surface area contributed by atoms with Gasteiger partial charge in [0, 0.05) is 12.0 Å². The molecule has 0 aliphatic carbocycles. The SMILES string of the molecule is CNC(c1ccc(CCOC)cc1)c1sccc1C. The van der Waals surface area contributed by atoms with Crippen LogP contribution in [0.2, 0.25) is 0 Å². The van der Waals surface area contributed by atoms with Gasteiger partial charge < -0.3 is 10.1 Å². The molecule has 1 unspecified atom stereocenters. The number of aryl methyl sites for hydroxylation is 1. The van der Waals surface area contributed by atoms with Crippen molar-refractivity contribution in [2.45, 2.75) is 19.4 Å². The van der Waals surface area contributed by atoms with Gasteiger partial charge in [-0.05, 0) is 48.5 Å². The molecule has 102 valence electrons. The molecule has 0 aliphatic rings. The maximum absolute atomic E-state index is 5.11. The van der Waals surface area contributed by atoms with Crippen LogP contribution in [-0.2, 0) is 11.2 Å². The largest absolute Gasteiger partial charge is 0.384 e. The Morgan fingerprint density at radius 2 is 1.95 bits per heavy atom. The third-order valence-electron chi connectivity index (χ3n) is 3.36. The van der Waals surface area contributed by atoms with E-state index in [1.807, 2.05) is 18.4 Å². The van der Waals surface area contributed by atoms with E-state index in [-0.39, 0.29) is 6.04 Å². The second-order valence-corrected chi connectivity index (χ2v) is 5.62. The van der Waals surface area contributed by atoms with Crippen LogP contribution in [0.1, 0.15) is 27.6 Å². The van der Waals surface area contributed by atoms with Crippen LogP contribution in [0.4, 0.5) is 0 Å². The highest BCUT2D eigenvalue weighted by Gasteiger charge is 2.15. The molecule has 0 saturated carbocycles. The third kappa shape index (κ3) is 3.44. The standard InChI is InChI=1S/C16H21NOS/c1-12-9-11-19-16(12)15(17-2)14-6-4-13(5-7-14)8-10-18-3/h4-7,9,11,15,17H,8,10H2,1-3H3. The van der Waals surface area contributed by atoms with Crippen LogP contribution in [0, 0.1) is 6.92 Å². The first kappa shape index (κ1) is 14.3. The predicted octanol–water partition coefficient (Wildman–Crippen LogP) is 3.55. The van der Waals surface area contributed by atoms with Crippen molar-refractivity contribution in [1.29, 1.82) is 0 Å². The molecule has 1 atom stereocenters. The van der Waals surface area contributed by atoms with E-state index in [9.17, 15) is 0 Å². The minimum Gasteiger partial charge on any atom is -0.384 e. The van der Waals surface area contributed by atoms with E-state index in [2.05, 4.69) is 48.0 Å². The van der Waals surface area contributed by atoms with E-state index < -0.39 is 0 Å². The van der Waals surface area contributed by atoms with Gasteiger partial charge in [0.25, 0.3) is 0 Å². The van der Waals surface area contributed by atoms with E-state index in [1.165, 1.54) is 21.6 Å². The van der Waals surface area contributed by atoms with Crippen molar-refractivity contribution in [3.05, 3.63) is 57.3 Å². The fourth-order valence-electron chi connectivity index (χ4n) is 2.23.